The molecule has 0 amide bonds. The quantitative estimate of drug-likeness (QED) is 0.0637. The van der Waals surface area contributed by atoms with Crippen molar-refractivity contribution in [2.45, 2.75) is 191 Å². The maximum atomic E-state index is 12.5. The van der Waals surface area contributed by atoms with Crippen LogP contribution in [0.15, 0.2) is 0 Å². The van der Waals surface area contributed by atoms with Gasteiger partial charge in [0.25, 0.3) is 0 Å². The van der Waals surface area contributed by atoms with Crippen LogP contribution in [0.25, 0.3) is 0 Å². The van der Waals surface area contributed by atoms with Gasteiger partial charge in [0.15, 0.2) is 0 Å². The number of carbonyl (C=O) groups is 2. The van der Waals surface area contributed by atoms with E-state index in [1.807, 2.05) is 13.8 Å². The number of rotatable bonds is 28. The summed E-state index contributed by atoms with van der Waals surface area (Å²) in [6.45, 7) is 8.56. The molecule has 0 atom stereocenters. The molecule has 0 aliphatic carbocycles. The van der Waals surface area contributed by atoms with Crippen molar-refractivity contribution >= 4 is 31.1 Å². The molecular formula is C32H64O4Sn. The Labute approximate surface area is 236 Å². The Morgan fingerprint density at radius 3 is 0.892 bits per heavy atom. The Hall–Kier alpha value is -0.261. The van der Waals surface area contributed by atoms with Gasteiger partial charge < -0.3 is 0 Å². The molecule has 0 aliphatic heterocycles. The van der Waals surface area contributed by atoms with Crippen molar-refractivity contribution in [3.8, 4) is 0 Å². The Kier molecular flexibility index (Phi) is 27.1. The minimum atomic E-state index is -3.63. The first-order valence-electron chi connectivity index (χ1n) is 16.5. The summed E-state index contributed by atoms with van der Waals surface area (Å²) >= 11 is -3.63. The zero-order chi connectivity index (χ0) is 27.5. The molecule has 220 valence electrons. The average molecular weight is 632 g/mol. The minimum Gasteiger partial charge on any atom is -0.0654 e. The molecule has 0 heterocycles. The van der Waals surface area contributed by atoms with Gasteiger partial charge in [-0.15, -0.1) is 0 Å². The molecule has 0 aromatic rings. The van der Waals surface area contributed by atoms with Crippen LogP contribution in [0.1, 0.15) is 182 Å². The van der Waals surface area contributed by atoms with Crippen LogP contribution < -0.4 is 0 Å². The molecule has 0 aromatic heterocycles. The normalized spacial score (nSPS) is 11.6. The van der Waals surface area contributed by atoms with Gasteiger partial charge in [0, 0.05) is 0 Å². The standard InChI is InChI=1S/2C14H28O2.2C2H5.Sn/c2*1-2-3-4-5-6-7-8-9-10-11-12-13-14(15)16;2*1-2;/h2*2-13H2,1H3,(H,15,16);2*1H2,2H3;/q;;;;+2/p-2. The number of hydrogen-bond donors (Lipinski definition) is 0. The second-order valence-corrected chi connectivity index (χ2v) is 21.5. The maximum absolute atomic E-state index is 12.5. The van der Waals surface area contributed by atoms with Crippen LogP contribution in [0, 0.1) is 0 Å². The second-order valence-electron chi connectivity index (χ2n) is 11.1. The van der Waals surface area contributed by atoms with E-state index >= 15 is 0 Å². The molecule has 0 bridgehead atoms. The van der Waals surface area contributed by atoms with E-state index in [2.05, 4.69) is 13.8 Å². The van der Waals surface area contributed by atoms with Gasteiger partial charge in [-0.1, -0.05) is 39.5 Å². The molecule has 0 saturated carbocycles. The van der Waals surface area contributed by atoms with Gasteiger partial charge in [-0.25, -0.2) is 0 Å². The number of carbonyl (C=O) groups excluding carboxylic acids is 2. The molecule has 0 radical (unpaired) electrons. The van der Waals surface area contributed by atoms with Crippen molar-refractivity contribution in [2.24, 2.45) is 0 Å². The molecule has 0 unspecified atom stereocenters. The SMILES string of the molecule is CCCCCCCCCCCCCC(=O)[O][Sn]([CH2]C)([CH2]C)[O]C(=O)CCCCCCCCCCCCC. The molecule has 0 saturated heterocycles. The summed E-state index contributed by atoms with van der Waals surface area (Å²) in [5.41, 5.74) is 0. The van der Waals surface area contributed by atoms with Crippen molar-refractivity contribution < 1.29 is 15.7 Å². The summed E-state index contributed by atoms with van der Waals surface area (Å²) in [7, 11) is 0. The fourth-order valence-corrected chi connectivity index (χ4v) is 11.1. The van der Waals surface area contributed by atoms with Gasteiger partial charge >= 0.3 is 198 Å². The van der Waals surface area contributed by atoms with E-state index in [-0.39, 0.29) is 11.9 Å². The summed E-state index contributed by atoms with van der Waals surface area (Å²) in [5, 5.41) is 0. The van der Waals surface area contributed by atoms with E-state index in [0.717, 1.165) is 25.7 Å². The zero-order valence-electron chi connectivity index (χ0n) is 25.5. The predicted molar refractivity (Wildman–Crippen MR) is 161 cm³/mol. The van der Waals surface area contributed by atoms with Gasteiger partial charge in [-0.05, 0) is 0 Å². The van der Waals surface area contributed by atoms with Gasteiger partial charge in [-0.3, -0.25) is 0 Å². The van der Waals surface area contributed by atoms with Gasteiger partial charge in [-0.2, -0.15) is 0 Å². The summed E-state index contributed by atoms with van der Waals surface area (Å²) in [6, 6.07) is 0. The van der Waals surface area contributed by atoms with Crippen LogP contribution in [0.5, 0.6) is 0 Å². The molecule has 0 N–H and O–H groups in total. The molecule has 4 nitrogen and oxygen atoms in total. The summed E-state index contributed by atoms with van der Waals surface area (Å²) in [6.07, 6.45) is 28.8. The summed E-state index contributed by atoms with van der Waals surface area (Å²) in [4.78, 5) is 25.0. The fraction of sp³-hybridized carbons (Fsp3) is 0.938. The Bertz CT molecular complexity index is 477. The molecule has 0 aromatic carbocycles. The van der Waals surface area contributed by atoms with E-state index in [1.165, 1.54) is 116 Å². The first-order chi connectivity index (χ1) is 18.0. The van der Waals surface area contributed by atoms with Gasteiger partial charge in [0.1, 0.15) is 0 Å². The van der Waals surface area contributed by atoms with E-state index in [4.69, 9.17) is 6.15 Å². The third kappa shape index (κ3) is 23.4. The van der Waals surface area contributed by atoms with Crippen LogP contribution in [0.2, 0.25) is 8.87 Å². The van der Waals surface area contributed by atoms with Crippen molar-refractivity contribution in [3.05, 3.63) is 0 Å². The molecule has 0 fully saturated rings. The third-order valence-corrected chi connectivity index (χ3v) is 17.2. The topological polar surface area (TPSA) is 52.6 Å². The van der Waals surface area contributed by atoms with Gasteiger partial charge in [0.2, 0.25) is 0 Å². The van der Waals surface area contributed by atoms with E-state index in [1.54, 1.807) is 0 Å². The average Bonchev–Trinajstić information content (AvgIpc) is 2.90. The molecule has 5 heteroatoms. The van der Waals surface area contributed by atoms with Crippen LogP contribution >= 0.6 is 0 Å². The number of hydrogen-bond acceptors (Lipinski definition) is 4. The monoisotopic (exact) mass is 632 g/mol. The third-order valence-electron chi connectivity index (χ3n) is 7.65. The van der Waals surface area contributed by atoms with Crippen molar-refractivity contribution in [3.63, 3.8) is 0 Å². The molecule has 0 rings (SSSR count). The molecule has 0 spiro atoms. The minimum absolute atomic E-state index is 0.141. The summed E-state index contributed by atoms with van der Waals surface area (Å²) < 4.78 is 13.3. The smallest absolute Gasteiger partial charge is 0.0654 e. The Morgan fingerprint density at radius 1 is 0.405 bits per heavy atom. The van der Waals surface area contributed by atoms with Crippen LogP contribution in [0.4, 0.5) is 0 Å². The van der Waals surface area contributed by atoms with Crippen molar-refractivity contribution in [1.82, 2.24) is 0 Å². The van der Waals surface area contributed by atoms with Crippen molar-refractivity contribution in [1.29, 1.82) is 0 Å². The fourth-order valence-electron chi connectivity index (χ4n) is 4.94. The predicted octanol–water partition coefficient (Wildman–Crippen LogP) is 11.0. The van der Waals surface area contributed by atoms with Crippen LogP contribution in [-0.4, -0.2) is 31.1 Å². The number of unbranched alkanes of at least 4 members (excludes halogenated alkanes) is 20. The van der Waals surface area contributed by atoms with Crippen LogP contribution in [0.3, 0.4) is 0 Å². The van der Waals surface area contributed by atoms with Crippen LogP contribution in [-0.2, 0) is 15.7 Å². The Balaban J connectivity index is 3.90. The van der Waals surface area contributed by atoms with E-state index in [0.29, 0.717) is 21.7 Å². The molecule has 0 aliphatic rings. The second kappa shape index (κ2) is 27.3. The first-order valence-corrected chi connectivity index (χ1v) is 22.8. The first kappa shape index (κ1) is 36.7. The van der Waals surface area contributed by atoms with E-state index < -0.39 is 19.2 Å². The van der Waals surface area contributed by atoms with Gasteiger partial charge in [0.05, 0.1) is 0 Å². The molecule has 37 heavy (non-hydrogen) atoms. The van der Waals surface area contributed by atoms with Crippen molar-refractivity contribution in [2.75, 3.05) is 0 Å². The molecular weight excluding hydrogens is 567 g/mol. The van der Waals surface area contributed by atoms with E-state index in [9.17, 15) is 9.59 Å². The summed E-state index contributed by atoms with van der Waals surface area (Å²) in [5.74, 6) is -0.282. The Morgan fingerprint density at radius 2 is 0.649 bits per heavy atom. The zero-order valence-corrected chi connectivity index (χ0v) is 28.4.